The summed E-state index contributed by atoms with van der Waals surface area (Å²) >= 11 is 8.56. The minimum Gasteiger partial charge on any atom is -0.413 e. The van der Waals surface area contributed by atoms with Gasteiger partial charge in [-0.1, -0.05) is 44.5 Å². The minimum atomic E-state index is -2.17. The lowest BCUT2D eigenvalue weighted by molar-refractivity contribution is -0.128. The molecule has 6 nitrogen and oxygen atoms in total. The number of carbonyl (C=O) groups is 2. The molecule has 2 aromatic rings. The Labute approximate surface area is 228 Å². The number of hydrazine groups is 1. The molecule has 0 spiro atoms. The van der Waals surface area contributed by atoms with Crippen molar-refractivity contribution in [3.63, 3.8) is 0 Å². The number of halogens is 2. The van der Waals surface area contributed by atoms with E-state index in [-0.39, 0.29) is 10.9 Å². The molecule has 0 unspecified atom stereocenters. The number of nitrogens with zero attached hydrogens (tertiary/aromatic N) is 1. The highest BCUT2D eigenvalue weighted by Gasteiger charge is 2.41. The van der Waals surface area contributed by atoms with Crippen molar-refractivity contribution in [2.75, 3.05) is 0 Å². The summed E-state index contributed by atoms with van der Waals surface area (Å²) in [6, 6.07) is 10.6. The zero-order valence-corrected chi connectivity index (χ0v) is 25.2. The Bertz CT molecular complexity index is 1120. The summed E-state index contributed by atoms with van der Waals surface area (Å²) in [4.78, 5) is 29.4. The maximum Gasteiger partial charge on any atom is 0.269 e. The summed E-state index contributed by atoms with van der Waals surface area (Å²) in [5.74, 6) is -1.33. The fourth-order valence-corrected chi connectivity index (χ4v) is 5.37. The predicted molar refractivity (Wildman–Crippen MR) is 152 cm³/mol. The van der Waals surface area contributed by atoms with E-state index in [9.17, 15) is 9.59 Å². The van der Waals surface area contributed by atoms with Crippen molar-refractivity contribution in [1.29, 1.82) is 0 Å². The molecular formula is C26H33ClIN3O3Si. The summed E-state index contributed by atoms with van der Waals surface area (Å²) in [7, 11) is -2.17. The summed E-state index contributed by atoms with van der Waals surface area (Å²) in [6.07, 6.45) is -0.0602. The average Bonchev–Trinajstić information content (AvgIpc) is 2.77. The van der Waals surface area contributed by atoms with E-state index in [1.165, 1.54) is 0 Å². The van der Waals surface area contributed by atoms with E-state index < -0.39 is 26.2 Å². The van der Waals surface area contributed by atoms with Gasteiger partial charge in [-0.25, -0.2) is 4.85 Å². The second kappa shape index (κ2) is 11.9. The van der Waals surface area contributed by atoms with Crippen molar-refractivity contribution in [2.45, 2.75) is 65.3 Å². The number of hydrogen-bond acceptors (Lipinski definition) is 3. The maximum atomic E-state index is 13.4. The fourth-order valence-electron chi connectivity index (χ4n) is 3.34. The third-order valence-corrected chi connectivity index (χ3v) is 12.4. The molecule has 2 atom stereocenters. The lowest BCUT2D eigenvalue weighted by Crippen LogP contribution is -2.51. The van der Waals surface area contributed by atoms with Crippen LogP contribution >= 0.6 is 34.2 Å². The van der Waals surface area contributed by atoms with Crippen LogP contribution in [0.3, 0.4) is 0 Å². The van der Waals surface area contributed by atoms with Gasteiger partial charge in [0, 0.05) is 9.13 Å². The van der Waals surface area contributed by atoms with Crippen LogP contribution in [0.1, 0.15) is 49.2 Å². The van der Waals surface area contributed by atoms with Crippen molar-refractivity contribution < 1.29 is 14.0 Å². The summed E-state index contributed by atoms with van der Waals surface area (Å²) in [6.45, 7) is 21.8. The number of hydrogen-bond donors (Lipinski definition) is 2. The number of benzene rings is 2. The van der Waals surface area contributed by atoms with E-state index in [1.54, 1.807) is 18.2 Å². The van der Waals surface area contributed by atoms with Crippen LogP contribution < -0.4 is 10.9 Å². The largest absolute Gasteiger partial charge is 0.413 e. The van der Waals surface area contributed by atoms with Crippen LogP contribution in [0.2, 0.25) is 23.2 Å². The Morgan fingerprint density at radius 2 is 1.74 bits per heavy atom. The third kappa shape index (κ3) is 7.53. The molecule has 0 saturated carbocycles. The van der Waals surface area contributed by atoms with E-state index in [0.717, 1.165) is 14.7 Å². The van der Waals surface area contributed by atoms with Gasteiger partial charge in [0.15, 0.2) is 8.32 Å². The molecular weight excluding hydrogens is 593 g/mol. The van der Waals surface area contributed by atoms with E-state index in [0.29, 0.717) is 22.7 Å². The highest BCUT2D eigenvalue weighted by Crippen LogP contribution is 2.39. The Morgan fingerprint density at radius 3 is 2.29 bits per heavy atom. The van der Waals surface area contributed by atoms with Gasteiger partial charge < -0.3 is 4.43 Å². The molecule has 188 valence electrons. The molecule has 2 N–H and O–H groups in total. The summed E-state index contributed by atoms with van der Waals surface area (Å²) in [5, 5.41) is 0.360. The first-order valence-corrected chi connectivity index (χ1v) is 15.7. The SMILES string of the molecule is [C-]#[N+]c1ccc(C[C@@H](C(=O)NNC(=O)c2ccc(I)cc2)[C@H](C)O[Si](C)(C)C(C)(C)C)c(C)c1Cl. The van der Waals surface area contributed by atoms with E-state index in [2.05, 4.69) is 72.2 Å². The zero-order valence-electron chi connectivity index (χ0n) is 21.3. The third-order valence-electron chi connectivity index (χ3n) is 6.63. The van der Waals surface area contributed by atoms with E-state index in [1.807, 2.05) is 32.0 Å². The van der Waals surface area contributed by atoms with Crippen molar-refractivity contribution in [3.05, 3.63) is 73.1 Å². The van der Waals surface area contributed by atoms with Gasteiger partial charge in [0.1, 0.15) is 0 Å². The molecule has 0 fully saturated rings. The van der Waals surface area contributed by atoms with E-state index in [4.69, 9.17) is 22.6 Å². The summed E-state index contributed by atoms with van der Waals surface area (Å²) < 4.78 is 7.57. The molecule has 2 aromatic carbocycles. The molecule has 0 saturated heterocycles. The molecule has 2 rings (SSSR count). The van der Waals surface area contributed by atoms with Crippen LogP contribution in [0.4, 0.5) is 5.69 Å². The highest BCUT2D eigenvalue weighted by atomic mass is 127. The Kier molecular flexibility index (Phi) is 9.93. The molecule has 0 aliphatic heterocycles. The quantitative estimate of drug-likeness (QED) is 0.153. The van der Waals surface area contributed by atoms with Crippen molar-refractivity contribution in [1.82, 2.24) is 10.9 Å². The van der Waals surface area contributed by atoms with Crippen LogP contribution in [0.25, 0.3) is 4.85 Å². The second-order valence-electron chi connectivity index (χ2n) is 10.1. The van der Waals surface area contributed by atoms with Gasteiger partial charge in [0.2, 0.25) is 11.6 Å². The predicted octanol–water partition coefficient (Wildman–Crippen LogP) is 6.83. The van der Waals surface area contributed by atoms with Gasteiger partial charge in [-0.15, -0.1) is 0 Å². The lowest BCUT2D eigenvalue weighted by Gasteiger charge is -2.40. The van der Waals surface area contributed by atoms with Gasteiger partial charge in [-0.2, -0.15) is 0 Å². The average molecular weight is 626 g/mol. The first-order chi connectivity index (χ1) is 16.2. The molecule has 0 radical (unpaired) electrons. The normalized spacial score (nSPS) is 13.5. The van der Waals surface area contributed by atoms with Crippen molar-refractivity contribution in [3.8, 4) is 0 Å². The first-order valence-electron chi connectivity index (χ1n) is 11.4. The maximum absolute atomic E-state index is 13.4. The number of rotatable bonds is 7. The Balaban J connectivity index is 2.29. The molecule has 0 aliphatic rings. The molecule has 2 amide bonds. The lowest BCUT2D eigenvalue weighted by atomic mass is 9.91. The van der Waals surface area contributed by atoms with Crippen LogP contribution in [0, 0.1) is 23.0 Å². The molecule has 0 aromatic heterocycles. The standard InChI is InChI=1S/C26H33ClIN3O3Si/c1-16-19(11-14-22(29-6)23(16)27)15-21(17(2)34-35(7,8)26(3,4)5)25(33)31-30-24(32)18-9-12-20(28)13-10-18/h9-14,17,21H,15H2,1-5,7-8H3,(H,30,32)(H,31,33)/t17-,21+/m0/s1. The van der Waals surface area contributed by atoms with Crippen molar-refractivity contribution >= 4 is 60.0 Å². The molecule has 0 heterocycles. The van der Waals surface area contributed by atoms with Crippen LogP contribution in [-0.4, -0.2) is 26.2 Å². The fraction of sp³-hybridized carbons (Fsp3) is 0.423. The second-order valence-corrected chi connectivity index (χ2v) is 16.5. The van der Waals surface area contributed by atoms with Gasteiger partial charge in [-0.05, 0) is 96.4 Å². The van der Waals surface area contributed by atoms with Gasteiger partial charge in [-0.3, -0.25) is 20.4 Å². The van der Waals surface area contributed by atoms with Gasteiger partial charge >= 0.3 is 0 Å². The smallest absolute Gasteiger partial charge is 0.269 e. The molecule has 0 aliphatic carbocycles. The monoisotopic (exact) mass is 625 g/mol. The molecule has 0 bridgehead atoms. The van der Waals surface area contributed by atoms with Crippen LogP contribution in [0.5, 0.6) is 0 Å². The topological polar surface area (TPSA) is 71.8 Å². The number of nitrogens with one attached hydrogen (secondary N) is 2. The zero-order chi connectivity index (χ0) is 26.6. The van der Waals surface area contributed by atoms with Gasteiger partial charge in [0.25, 0.3) is 5.91 Å². The Morgan fingerprint density at radius 1 is 1.14 bits per heavy atom. The van der Waals surface area contributed by atoms with Crippen LogP contribution in [0.15, 0.2) is 36.4 Å². The molecule has 35 heavy (non-hydrogen) atoms. The van der Waals surface area contributed by atoms with E-state index >= 15 is 0 Å². The highest BCUT2D eigenvalue weighted by molar-refractivity contribution is 14.1. The Hall–Kier alpha value is -1.93. The van der Waals surface area contributed by atoms with Crippen LogP contribution in [-0.2, 0) is 15.6 Å². The van der Waals surface area contributed by atoms with Crippen molar-refractivity contribution in [2.24, 2.45) is 5.92 Å². The minimum absolute atomic E-state index is 0.0299. The first kappa shape index (κ1) is 29.3. The number of amides is 2. The number of carbonyl (C=O) groups excluding carboxylic acids is 2. The molecule has 9 heteroatoms. The summed E-state index contributed by atoms with van der Waals surface area (Å²) in [5.41, 5.74) is 7.57. The van der Waals surface area contributed by atoms with Gasteiger partial charge in [0.05, 0.1) is 23.6 Å².